The lowest BCUT2D eigenvalue weighted by molar-refractivity contribution is -0.906. The van der Waals surface area contributed by atoms with Crippen LogP contribution in [0.5, 0.6) is 0 Å². The van der Waals surface area contributed by atoms with E-state index in [1.807, 2.05) is 0 Å². The molecule has 8 heteroatoms. The van der Waals surface area contributed by atoms with E-state index in [0.29, 0.717) is 25.2 Å². The Morgan fingerprint density at radius 2 is 1.81 bits per heavy atom. The predicted molar refractivity (Wildman–Crippen MR) is 102 cm³/mol. The number of hydrogen-bond acceptors (Lipinski definition) is 4. The van der Waals surface area contributed by atoms with Crippen molar-refractivity contribution >= 4 is 15.9 Å². The fraction of sp³-hybridized carbons (Fsp3) is 0.632. The Balaban J connectivity index is 1.60. The normalized spacial score (nSPS) is 20.1. The predicted octanol–water partition coefficient (Wildman–Crippen LogP) is -0.104. The van der Waals surface area contributed by atoms with Crippen molar-refractivity contribution < 1.29 is 22.8 Å². The van der Waals surface area contributed by atoms with Crippen LogP contribution < -0.4 is 10.2 Å². The van der Waals surface area contributed by atoms with Crippen LogP contribution in [0.3, 0.4) is 0 Å². The maximum absolute atomic E-state index is 12.9. The van der Waals surface area contributed by atoms with E-state index >= 15 is 0 Å². The standard InChI is InChI=1S/C19H29N3O4S/c23-19(20-8-11-21-12-14-26-15-13-21)17-6-5-7-18(16-17)27(24,25)22-9-3-1-2-4-10-22/h5-7,16H,1-4,8-15H2,(H,20,23)/p+1. The van der Waals surface area contributed by atoms with Gasteiger partial charge in [-0.1, -0.05) is 18.9 Å². The second kappa shape index (κ2) is 9.64. The molecule has 0 unspecified atom stereocenters. The number of ether oxygens (including phenoxy) is 1. The van der Waals surface area contributed by atoms with Gasteiger partial charge in [-0.3, -0.25) is 4.79 Å². The minimum Gasteiger partial charge on any atom is -0.370 e. The second-order valence-electron chi connectivity index (χ2n) is 7.21. The van der Waals surface area contributed by atoms with Crippen LogP contribution in [-0.4, -0.2) is 71.1 Å². The van der Waals surface area contributed by atoms with Crippen molar-refractivity contribution in [2.75, 3.05) is 52.5 Å². The van der Waals surface area contributed by atoms with Gasteiger partial charge in [-0.15, -0.1) is 0 Å². The van der Waals surface area contributed by atoms with Gasteiger partial charge in [0.05, 0.1) is 31.2 Å². The zero-order valence-electron chi connectivity index (χ0n) is 15.8. The monoisotopic (exact) mass is 396 g/mol. The zero-order chi connectivity index (χ0) is 19.1. The first-order chi connectivity index (χ1) is 13.1. The van der Waals surface area contributed by atoms with Gasteiger partial charge >= 0.3 is 0 Å². The van der Waals surface area contributed by atoms with Gasteiger partial charge in [0.1, 0.15) is 13.1 Å². The Kier molecular flexibility index (Phi) is 7.23. The lowest BCUT2D eigenvalue weighted by Crippen LogP contribution is -3.14. The molecule has 3 rings (SSSR count). The molecular weight excluding hydrogens is 366 g/mol. The molecule has 0 aromatic heterocycles. The van der Waals surface area contributed by atoms with E-state index in [1.165, 1.54) is 11.0 Å². The lowest BCUT2D eigenvalue weighted by Gasteiger charge is -2.23. The van der Waals surface area contributed by atoms with E-state index in [4.69, 9.17) is 4.74 Å². The molecule has 0 atom stereocenters. The molecule has 2 aliphatic heterocycles. The number of amides is 1. The van der Waals surface area contributed by atoms with Crippen LogP contribution in [0.4, 0.5) is 0 Å². The summed E-state index contributed by atoms with van der Waals surface area (Å²) in [6, 6.07) is 6.39. The zero-order valence-corrected chi connectivity index (χ0v) is 16.6. The quantitative estimate of drug-likeness (QED) is 0.704. The molecule has 2 fully saturated rings. The maximum Gasteiger partial charge on any atom is 0.251 e. The van der Waals surface area contributed by atoms with Gasteiger partial charge in [-0.25, -0.2) is 8.42 Å². The van der Waals surface area contributed by atoms with Crippen molar-refractivity contribution in [3.05, 3.63) is 29.8 Å². The van der Waals surface area contributed by atoms with Crippen LogP contribution in [0.25, 0.3) is 0 Å². The molecule has 1 aromatic carbocycles. The van der Waals surface area contributed by atoms with Gasteiger partial charge in [0, 0.05) is 18.7 Å². The molecule has 27 heavy (non-hydrogen) atoms. The molecule has 2 N–H and O–H groups in total. The third-order valence-corrected chi connectivity index (χ3v) is 7.16. The number of quaternary nitrogens is 1. The highest BCUT2D eigenvalue weighted by atomic mass is 32.2. The topological polar surface area (TPSA) is 80.1 Å². The first-order valence-electron chi connectivity index (χ1n) is 9.87. The smallest absolute Gasteiger partial charge is 0.251 e. The number of nitrogens with one attached hydrogen (secondary N) is 2. The van der Waals surface area contributed by atoms with Crippen LogP contribution in [0, 0.1) is 0 Å². The first kappa shape index (κ1) is 20.3. The van der Waals surface area contributed by atoms with Gasteiger partial charge < -0.3 is 15.0 Å². The number of benzene rings is 1. The molecule has 2 aliphatic rings. The van der Waals surface area contributed by atoms with E-state index in [2.05, 4.69) is 5.32 Å². The molecule has 0 aliphatic carbocycles. The second-order valence-corrected chi connectivity index (χ2v) is 9.15. The molecule has 7 nitrogen and oxygen atoms in total. The molecule has 2 heterocycles. The summed E-state index contributed by atoms with van der Waals surface area (Å²) >= 11 is 0. The molecule has 1 amide bonds. The van der Waals surface area contributed by atoms with Crippen LogP contribution in [0.2, 0.25) is 0 Å². The summed E-state index contributed by atoms with van der Waals surface area (Å²) in [5.74, 6) is -0.226. The van der Waals surface area contributed by atoms with Crippen LogP contribution >= 0.6 is 0 Å². The number of hydrogen-bond donors (Lipinski definition) is 2. The third-order valence-electron chi connectivity index (χ3n) is 5.26. The van der Waals surface area contributed by atoms with E-state index in [1.54, 1.807) is 22.5 Å². The summed E-state index contributed by atoms with van der Waals surface area (Å²) in [7, 11) is -3.54. The summed E-state index contributed by atoms with van der Waals surface area (Å²) in [5, 5.41) is 2.91. The van der Waals surface area contributed by atoms with Crippen molar-refractivity contribution in [3.63, 3.8) is 0 Å². The maximum atomic E-state index is 12.9. The molecule has 2 saturated heterocycles. The number of carbonyl (C=O) groups excluding carboxylic acids is 1. The van der Waals surface area contributed by atoms with Gasteiger partial charge in [-0.2, -0.15) is 4.31 Å². The van der Waals surface area contributed by atoms with E-state index in [0.717, 1.165) is 58.5 Å². The Morgan fingerprint density at radius 3 is 2.52 bits per heavy atom. The van der Waals surface area contributed by atoms with E-state index < -0.39 is 10.0 Å². The van der Waals surface area contributed by atoms with Crippen LogP contribution in [0.15, 0.2) is 29.2 Å². The number of sulfonamides is 1. The molecule has 0 radical (unpaired) electrons. The average molecular weight is 397 g/mol. The van der Waals surface area contributed by atoms with Crippen molar-refractivity contribution in [1.29, 1.82) is 0 Å². The number of morpholine rings is 1. The van der Waals surface area contributed by atoms with Crippen molar-refractivity contribution in [1.82, 2.24) is 9.62 Å². The van der Waals surface area contributed by atoms with Crippen molar-refractivity contribution in [3.8, 4) is 0 Å². The van der Waals surface area contributed by atoms with Crippen LogP contribution in [-0.2, 0) is 14.8 Å². The Bertz CT molecular complexity index is 724. The Hall–Kier alpha value is -1.48. The molecule has 0 saturated carbocycles. The van der Waals surface area contributed by atoms with Gasteiger partial charge in [-0.05, 0) is 31.0 Å². The van der Waals surface area contributed by atoms with E-state index in [-0.39, 0.29) is 10.8 Å². The fourth-order valence-electron chi connectivity index (χ4n) is 3.59. The number of carbonyl (C=O) groups is 1. The highest BCUT2D eigenvalue weighted by Crippen LogP contribution is 2.21. The third kappa shape index (κ3) is 5.51. The summed E-state index contributed by atoms with van der Waals surface area (Å²) < 4.78 is 32.7. The molecule has 0 spiro atoms. The SMILES string of the molecule is O=C(NCC[NH+]1CCOCC1)c1cccc(S(=O)(=O)N2CCCCCC2)c1. The van der Waals surface area contributed by atoms with E-state index in [9.17, 15) is 13.2 Å². The minimum absolute atomic E-state index is 0.204. The highest BCUT2D eigenvalue weighted by Gasteiger charge is 2.25. The molecular formula is C19H30N3O4S+. The molecule has 0 bridgehead atoms. The summed E-state index contributed by atoms with van der Waals surface area (Å²) in [5.41, 5.74) is 0.392. The first-order valence-corrected chi connectivity index (χ1v) is 11.3. The molecule has 150 valence electrons. The van der Waals surface area contributed by atoms with Crippen molar-refractivity contribution in [2.24, 2.45) is 0 Å². The van der Waals surface area contributed by atoms with Crippen molar-refractivity contribution in [2.45, 2.75) is 30.6 Å². The summed E-state index contributed by atoms with van der Waals surface area (Å²) in [6.07, 6.45) is 3.92. The van der Waals surface area contributed by atoms with Crippen LogP contribution in [0.1, 0.15) is 36.0 Å². The molecule has 1 aromatic rings. The Labute approximate surface area is 161 Å². The lowest BCUT2D eigenvalue weighted by atomic mass is 10.2. The minimum atomic E-state index is -3.54. The largest absolute Gasteiger partial charge is 0.370 e. The van der Waals surface area contributed by atoms with Gasteiger partial charge in [0.2, 0.25) is 10.0 Å². The highest BCUT2D eigenvalue weighted by molar-refractivity contribution is 7.89. The summed E-state index contributed by atoms with van der Waals surface area (Å²) in [4.78, 5) is 14.1. The fourth-order valence-corrected chi connectivity index (χ4v) is 5.16. The van der Waals surface area contributed by atoms with Gasteiger partial charge in [0.25, 0.3) is 5.91 Å². The summed E-state index contributed by atoms with van der Waals surface area (Å²) in [6.45, 7) is 5.97. The average Bonchev–Trinajstić information content (AvgIpc) is 2.99. The Morgan fingerprint density at radius 1 is 1.11 bits per heavy atom. The number of nitrogens with zero attached hydrogens (tertiary/aromatic N) is 1. The number of rotatable bonds is 6. The van der Waals surface area contributed by atoms with Gasteiger partial charge in [0.15, 0.2) is 0 Å².